The zero-order chi connectivity index (χ0) is 22.0. The lowest BCUT2D eigenvalue weighted by atomic mass is 9.87. The number of hydrogen-bond donors (Lipinski definition) is 2. The summed E-state index contributed by atoms with van der Waals surface area (Å²) in [6.07, 6.45) is -1.63. The van der Waals surface area contributed by atoms with Crippen molar-refractivity contribution in [3.05, 3.63) is 45.5 Å². The Morgan fingerprint density at radius 2 is 2.00 bits per heavy atom. The molecule has 3 rings (SSSR count). The summed E-state index contributed by atoms with van der Waals surface area (Å²) >= 11 is 0. The highest BCUT2D eigenvalue weighted by molar-refractivity contribution is 6.62. The molecule has 2 amide bonds. The number of nitrogens with one attached hydrogen (secondary N) is 1. The van der Waals surface area contributed by atoms with Crippen LogP contribution in [0.25, 0.3) is 5.53 Å². The van der Waals surface area contributed by atoms with Crippen molar-refractivity contribution < 1.29 is 38.7 Å². The summed E-state index contributed by atoms with van der Waals surface area (Å²) in [4.78, 5) is 60.9. The van der Waals surface area contributed by atoms with Crippen LogP contribution in [0.3, 0.4) is 0 Å². The second kappa shape index (κ2) is 8.09. The van der Waals surface area contributed by atoms with Crippen LogP contribution >= 0.6 is 0 Å². The number of nitro benzene ring substituents is 1. The summed E-state index contributed by atoms with van der Waals surface area (Å²) in [5, 5.41) is 22.3. The number of ether oxygens (including phenoxy) is 1. The molecule has 2 N–H and O–H groups in total. The fraction of sp³-hybridized carbons (Fsp3) is 0.353. The maximum absolute atomic E-state index is 12.4. The predicted octanol–water partition coefficient (Wildman–Crippen LogP) is -0.255. The average Bonchev–Trinajstić information content (AvgIpc) is 2.99. The van der Waals surface area contributed by atoms with E-state index in [1.54, 1.807) is 0 Å². The second-order valence-corrected chi connectivity index (χ2v) is 6.75. The van der Waals surface area contributed by atoms with Crippen LogP contribution in [0.1, 0.15) is 12.0 Å². The van der Waals surface area contributed by atoms with Crippen LogP contribution in [-0.4, -0.2) is 67.8 Å². The molecule has 156 valence electrons. The normalized spacial score (nSPS) is 21.5. The number of nitro groups is 1. The first-order chi connectivity index (χ1) is 14.2. The lowest BCUT2D eigenvalue weighted by molar-refractivity contribution is -0.384. The zero-order valence-electron chi connectivity index (χ0n) is 15.3. The van der Waals surface area contributed by atoms with Gasteiger partial charge in [-0.2, -0.15) is 4.79 Å². The first-order valence-corrected chi connectivity index (χ1v) is 8.68. The van der Waals surface area contributed by atoms with Gasteiger partial charge in [0, 0.05) is 31.0 Å². The number of ketones is 1. The number of carbonyl (C=O) groups excluding carboxylic acids is 3. The van der Waals surface area contributed by atoms with Crippen molar-refractivity contribution in [1.82, 2.24) is 10.2 Å². The van der Waals surface area contributed by atoms with Gasteiger partial charge < -0.3 is 20.7 Å². The highest BCUT2D eigenvalue weighted by atomic mass is 16.6. The van der Waals surface area contributed by atoms with Gasteiger partial charge in [0.25, 0.3) is 11.5 Å². The highest BCUT2D eigenvalue weighted by Crippen LogP contribution is 2.32. The minimum absolute atomic E-state index is 0.0916. The number of carbonyl (C=O) groups is 4. The van der Waals surface area contributed by atoms with Crippen molar-refractivity contribution in [2.45, 2.75) is 25.1 Å². The van der Waals surface area contributed by atoms with Crippen molar-refractivity contribution >= 4 is 35.2 Å². The first kappa shape index (κ1) is 20.6. The number of hydrogen-bond acceptors (Lipinski definition) is 7. The van der Waals surface area contributed by atoms with Crippen LogP contribution in [0.5, 0.6) is 0 Å². The van der Waals surface area contributed by atoms with E-state index >= 15 is 0 Å². The van der Waals surface area contributed by atoms with Crippen LogP contribution in [0.2, 0.25) is 0 Å². The number of benzene rings is 1. The van der Waals surface area contributed by atoms with Gasteiger partial charge in [0.1, 0.15) is 12.6 Å². The van der Waals surface area contributed by atoms with Crippen LogP contribution in [-0.2, 0) is 25.7 Å². The number of fused-ring (bicyclic) bond motifs is 1. The molecule has 0 saturated carbocycles. The first-order valence-electron chi connectivity index (χ1n) is 8.68. The molecule has 2 fully saturated rings. The fourth-order valence-corrected chi connectivity index (χ4v) is 3.45. The van der Waals surface area contributed by atoms with Crippen LogP contribution in [0, 0.1) is 16.0 Å². The molecule has 13 nitrogen and oxygen atoms in total. The molecule has 3 atom stereocenters. The molecule has 13 heteroatoms. The van der Waals surface area contributed by atoms with Crippen molar-refractivity contribution in [2.75, 3.05) is 6.54 Å². The molecular formula is C17H15N5O8. The molecule has 1 aromatic carbocycles. The molecule has 0 aromatic heterocycles. The number of esters is 1. The minimum atomic E-state index is -1.30. The summed E-state index contributed by atoms with van der Waals surface area (Å²) in [6, 6.07) is 3.71. The van der Waals surface area contributed by atoms with E-state index < -0.39 is 52.4 Å². The van der Waals surface area contributed by atoms with Crippen LogP contribution in [0.4, 0.5) is 10.5 Å². The van der Waals surface area contributed by atoms with Crippen LogP contribution < -0.4 is 5.32 Å². The molecule has 0 unspecified atom stereocenters. The van der Waals surface area contributed by atoms with E-state index in [9.17, 15) is 29.3 Å². The Bertz CT molecular complexity index is 976. The number of carboxylic acid groups (broad SMARTS) is 1. The van der Waals surface area contributed by atoms with Gasteiger partial charge in [-0.15, -0.1) is 0 Å². The SMILES string of the molecule is [N-]=[N+]=C(C(=O)C[C@@H]1CN(C(=O)O)[C@@H]2C(=O)N[C@H]12)C(=O)OCc1ccc([N+](=O)[O-])cc1. The van der Waals surface area contributed by atoms with Crippen molar-refractivity contribution in [3.63, 3.8) is 0 Å². The van der Waals surface area contributed by atoms with Gasteiger partial charge in [-0.1, -0.05) is 0 Å². The number of non-ortho nitro benzene ring substituents is 1. The number of Topliss-reactive ketones (excluding diaryl/α,β-unsaturated/α-hetero) is 1. The van der Waals surface area contributed by atoms with E-state index in [2.05, 4.69) is 10.1 Å². The Morgan fingerprint density at radius 3 is 2.50 bits per heavy atom. The monoisotopic (exact) mass is 417 g/mol. The summed E-state index contributed by atoms with van der Waals surface area (Å²) in [5.41, 5.74) is 8.46. The predicted molar refractivity (Wildman–Crippen MR) is 95.1 cm³/mol. The fourth-order valence-electron chi connectivity index (χ4n) is 3.45. The van der Waals surface area contributed by atoms with Gasteiger partial charge in [-0.25, -0.2) is 9.59 Å². The standard InChI is InChI=1S/C17H15N5O8/c18-20-13(16(25)30-7-8-1-3-10(4-2-8)22(28)29)11(23)5-9-6-21(17(26)27)14-12(9)19-15(14)24/h1-4,9,12,14H,5-7H2,(H,19,24)(H,26,27)/t9-,12-,14+/m1/s1. The molecule has 1 aromatic rings. The number of likely N-dealkylation sites (tertiary alicyclic amines) is 1. The third-order valence-electron chi connectivity index (χ3n) is 4.96. The van der Waals surface area contributed by atoms with E-state index in [0.717, 1.165) is 4.90 Å². The van der Waals surface area contributed by atoms with Gasteiger partial charge in [-0.3, -0.25) is 24.6 Å². The third-order valence-corrected chi connectivity index (χ3v) is 4.96. The number of rotatable bonds is 7. The summed E-state index contributed by atoms with van der Waals surface area (Å²) in [5.74, 6) is -3.13. The molecular weight excluding hydrogens is 402 g/mol. The van der Waals surface area contributed by atoms with E-state index in [-0.39, 0.29) is 25.3 Å². The molecule has 2 heterocycles. The molecule has 0 aliphatic carbocycles. The Hall–Kier alpha value is -4.12. The Labute approximate surface area is 168 Å². The number of amides is 2. The van der Waals surface area contributed by atoms with Gasteiger partial charge in [0.05, 0.1) is 11.0 Å². The largest absolute Gasteiger partial charge is 0.465 e. The molecule has 2 saturated heterocycles. The summed E-state index contributed by atoms with van der Waals surface area (Å²) in [6.45, 7) is -0.411. The average molecular weight is 417 g/mol. The van der Waals surface area contributed by atoms with E-state index in [4.69, 9.17) is 15.4 Å². The molecule has 2 aliphatic heterocycles. The van der Waals surface area contributed by atoms with Crippen LogP contribution in [0.15, 0.2) is 24.3 Å². The highest BCUT2D eigenvalue weighted by Gasteiger charge is 2.56. The Balaban J connectivity index is 1.59. The Morgan fingerprint density at radius 1 is 1.33 bits per heavy atom. The quantitative estimate of drug-likeness (QED) is 0.0885. The van der Waals surface area contributed by atoms with E-state index in [1.165, 1.54) is 24.3 Å². The van der Waals surface area contributed by atoms with Crippen molar-refractivity contribution in [2.24, 2.45) is 5.92 Å². The molecule has 2 aliphatic rings. The number of nitrogens with zero attached hydrogens (tertiary/aromatic N) is 4. The maximum atomic E-state index is 12.4. The molecule has 0 spiro atoms. The van der Waals surface area contributed by atoms with Gasteiger partial charge >= 0.3 is 17.8 Å². The molecule has 0 bridgehead atoms. The van der Waals surface area contributed by atoms with Crippen molar-refractivity contribution in [1.29, 1.82) is 0 Å². The van der Waals surface area contributed by atoms with Gasteiger partial charge in [0.2, 0.25) is 5.91 Å². The van der Waals surface area contributed by atoms with Gasteiger partial charge in [-0.05, 0) is 17.7 Å². The zero-order valence-corrected chi connectivity index (χ0v) is 15.3. The van der Waals surface area contributed by atoms with Gasteiger partial charge in [0.15, 0.2) is 0 Å². The molecule has 30 heavy (non-hydrogen) atoms. The summed E-state index contributed by atoms with van der Waals surface area (Å²) in [7, 11) is 0. The molecule has 0 radical (unpaired) electrons. The lowest BCUT2D eigenvalue weighted by Gasteiger charge is -2.35. The van der Waals surface area contributed by atoms with E-state index in [0.29, 0.717) is 5.56 Å². The van der Waals surface area contributed by atoms with Crippen molar-refractivity contribution in [3.8, 4) is 0 Å². The lowest BCUT2D eigenvalue weighted by Crippen LogP contribution is -2.66. The smallest absolute Gasteiger partial charge is 0.441 e. The third kappa shape index (κ3) is 3.86. The summed E-state index contributed by atoms with van der Waals surface area (Å²) < 4.78 is 4.91. The maximum Gasteiger partial charge on any atom is 0.441 e. The second-order valence-electron chi connectivity index (χ2n) is 6.75. The minimum Gasteiger partial charge on any atom is -0.465 e. The number of β-lactam (4-membered cyclic amide) rings is 1. The Kier molecular flexibility index (Phi) is 5.56. The topological polar surface area (TPSA) is 193 Å². The van der Waals surface area contributed by atoms with E-state index in [1.807, 2.05) is 0 Å².